The molecular weight excluding hydrogens is 188 g/mol. The van der Waals surface area contributed by atoms with E-state index in [2.05, 4.69) is 14.5 Å². The lowest BCUT2D eigenvalue weighted by atomic mass is 10.5. The van der Waals surface area contributed by atoms with E-state index in [0.717, 1.165) is 0 Å². The van der Waals surface area contributed by atoms with Crippen LogP contribution in [0.15, 0.2) is 12.5 Å². The van der Waals surface area contributed by atoms with Crippen molar-refractivity contribution in [2.24, 2.45) is 0 Å². The maximum absolute atomic E-state index is 11.0. The Labute approximate surface area is 80.4 Å². The van der Waals surface area contributed by atoms with Crippen LogP contribution in [0.2, 0.25) is 0 Å². The standard InChI is InChI=1S/C8H10N2O4/c1-13-7(11)4-10-3-6(9-5-10)8(12)14-2/h3,5H,4H2,1-2H3. The van der Waals surface area contributed by atoms with Crippen molar-refractivity contribution in [1.82, 2.24) is 9.55 Å². The molecule has 6 heteroatoms. The van der Waals surface area contributed by atoms with Crippen LogP contribution in [0.4, 0.5) is 0 Å². The summed E-state index contributed by atoms with van der Waals surface area (Å²) >= 11 is 0. The Kier molecular flexibility index (Phi) is 3.22. The van der Waals surface area contributed by atoms with Gasteiger partial charge in [-0.3, -0.25) is 4.79 Å². The number of rotatable bonds is 3. The Morgan fingerprint density at radius 2 is 2.14 bits per heavy atom. The fourth-order valence-corrected chi connectivity index (χ4v) is 0.870. The molecule has 0 bridgehead atoms. The van der Waals surface area contributed by atoms with Gasteiger partial charge in [-0.2, -0.15) is 0 Å². The fourth-order valence-electron chi connectivity index (χ4n) is 0.870. The summed E-state index contributed by atoms with van der Waals surface area (Å²) in [6.07, 6.45) is 2.78. The highest BCUT2D eigenvalue weighted by Crippen LogP contribution is 1.98. The van der Waals surface area contributed by atoms with Crippen molar-refractivity contribution in [2.75, 3.05) is 14.2 Å². The molecule has 0 aliphatic carbocycles. The molecule has 0 unspecified atom stereocenters. The van der Waals surface area contributed by atoms with Gasteiger partial charge in [0.15, 0.2) is 5.69 Å². The number of nitrogens with zero attached hydrogens (tertiary/aromatic N) is 2. The average Bonchev–Trinajstić information content (AvgIpc) is 2.65. The molecule has 1 aromatic rings. The largest absolute Gasteiger partial charge is 0.468 e. The minimum Gasteiger partial charge on any atom is -0.468 e. The molecule has 1 aromatic heterocycles. The molecule has 0 saturated carbocycles. The molecule has 0 atom stereocenters. The molecule has 0 aliphatic rings. The van der Waals surface area contributed by atoms with Crippen LogP contribution in [0.3, 0.4) is 0 Å². The van der Waals surface area contributed by atoms with E-state index < -0.39 is 11.9 Å². The lowest BCUT2D eigenvalue weighted by Gasteiger charge is -1.98. The SMILES string of the molecule is COC(=O)Cn1cnc(C(=O)OC)c1. The molecule has 0 N–H and O–H groups in total. The van der Waals surface area contributed by atoms with E-state index in [-0.39, 0.29) is 12.2 Å². The first-order chi connectivity index (χ1) is 6.67. The van der Waals surface area contributed by atoms with Gasteiger partial charge in [-0.05, 0) is 0 Å². The number of aromatic nitrogens is 2. The summed E-state index contributed by atoms with van der Waals surface area (Å²) in [5.41, 5.74) is 0.163. The number of esters is 2. The zero-order chi connectivity index (χ0) is 10.6. The Balaban J connectivity index is 2.68. The lowest BCUT2D eigenvalue weighted by Crippen LogP contribution is -2.10. The second-order valence-corrected chi connectivity index (χ2v) is 2.50. The van der Waals surface area contributed by atoms with Gasteiger partial charge in [-0.25, -0.2) is 9.78 Å². The average molecular weight is 198 g/mol. The van der Waals surface area contributed by atoms with Gasteiger partial charge >= 0.3 is 11.9 Å². The zero-order valence-corrected chi connectivity index (χ0v) is 7.89. The summed E-state index contributed by atoms with van der Waals surface area (Å²) in [7, 11) is 2.56. The highest BCUT2D eigenvalue weighted by molar-refractivity contribution is 5.86. The van der Waals surface area contributed by atoms with Crippen molar-refractivity contribution >= 4 is 11.9 Å². The van der Waals surface area contributed by atoms with Crippen LogP contribution in [0.25, 0.3) is 0 Å². The minimum atomic E-state index is -0.534. The van der Waals surface area contributed by atoms with Gasteiger partial charge < -0.3 is 14.0 Å². The topological polar surface area (TPSA) is 70.4 Å². The molecule has 0 aromatic carbocycles. The summed E-state index contributed by atoms with van der Waals surface area (Å²) in [5, 5.41) is 0. The van der Waals surface area contributed by atoms with Crippen LogP contribution >= 0.6 is 0 Å². The minimum absolute atomic E-state index is 0.0283. The van der Waals surface area contributed by atoms with Crippen LogP contribution in [-0.4, -0.2) is 35.7 Å². The maximum atomic E-state index is 11.0. The lowest BCUT2D eigenvalue weighted by molar-refractivity contribution is -0.141. The number of carbonyl (C=O) groups is 2. The molecule has 14 heavy (non-hydrogen) atoms. The first-order valence-corrected chi connectivity index (χ1v) is 3.84. The van der Waals surface area contributed by atoms with Crippen LogP contribution < -0.4 is 0 Å². The summed E-state index contributed by atoms with van der Waals surface area (Å²) in [6.45, 7) is 0.0283. The summed E-state index contributed by atoms with van der Waals surface area (Å²) in [6, 6.07) is 0. The number of carbonyl (C=O) groups excluding carboxylic acids is 2. The van der Waals surface area contributed by atoms with Gasteiger partial charge in [0.1, 0.15) is 6.54 Å². The second kappa shape index (κ2) is 4.40. The monoisotopic (exact) mass is 198 g/mol. The van der Waals surface area contributed by atoms with E-state index in [1.54, 1.807) is 0 Å². The second-order valence-electron chi connectivity index (χ2n) is 2.50. The molecule has 0 fully saturated rings. The number of hydrogen-bond donors (Lipinski definition) is 0. The van der Waals surface area contributed by atoms with Gasteiger partial charge in [0.05, 0.1) is 20.5 Å². The fraction of sp³-hybridized carbons (Fsp3) is 0.375. The smallest absolute Gasteiger partial charge is 0.358 e. The maximum Gasteiger partial charge on any atom is 0.358 e. The van der Waals surface area contributed by atoms with Gasteiger partial charge in [0.2, 0.25) is 0 Å². The number of hydrogen-bond acceptors (Lipinski definition) is 5. The van der Waals surface area contributed by atoms with Crippen molar-refractivity contribution in [3.05, 3.63) is 18.2 Å². The highest BCUT2D eigenvalue weighted by atomic mass is 16.5. The van der Waals surface area contributed by atoms with E-state index in [1.165, 1.54) is 31.3 Å². The van der Waals surface area contributed by atoms with E-state index in [9.17, 15) is 9.59 Å². The normalized spacial score (nSPS) is 9.57. The van der Waals surface area contributed by atoms with Crippen LogP contribution in [-0.2, 0) is 20.8 Å². The molecule has 6 nitrogen and oxygen atoms in total. The Morgan fingerprint density at radius 1 is 1.43 bits per heavy atom. The summed E-state index contributed by atoms with van der Waals surface area (Å²) in [4.78, 5) is 25.6. The summed E-state index contributed by atoms with van der Waals surface area (Å²) in [5.74, 6) is -0.938. The van der Waals surface area contributed by atoms with Gasteiger partial charge in [-0.1, -0.05) is 0 Å². The summed E-state index contributed by atoms with van der Waals surface area (Å²) < 4.78 is 10.3. The molecule has 0 saturated heterocycles. The predicted octanol–water partition coefficient (Wildman–Crippen LogP) is -0.157. The number of imidazole rings is 1. The quantitative estimate of drug-likeness (QED) is 0.631. The molecule has 76 valence electrons. The van der Waals surface area contributed by atoms with Crippen molar-refractivity contribution < 1.29 is 19.1 Å². The Hall–Kier alpha value is -1.85. The Bertz CT molecular complexity index is 345. The molecule has 0 aliphatic heterocycles. The number of methoxy groups -OCH3 is 2. The van der Waals surface area contributed by atoms with Crippen LogP contribution in [0.1, 0.15) is 10.5 Å². The van der Waals surface area contributed by atoms with E-state index in [0.29, 0.717) is 0 Å². The molecule has 0 radical (unpaired) electrons. The first kappa shape index (κ1) is 10.2. The van der Waals surface area contributed by atoms with Crippen molar-refractivity contribution in [2.45, 2.75) is 6.54 Å². The van der Waals surface area contributed by atoms with Crippen LogP contribution in [0.5, 0.6) is 0 Å². The molecule has 1 heterocycles. The van der Waals surface area contributed by atoms with E-state index in [1.807, 2.05) is 0 Å². The van der Waals surface area contributed by atoms with E-state index in [4.69, 9.17) is 0 Å². The first-order valence-electron chi connectivity index (χ1n) is 3.84. The van der Waals surface area contributed by atoms with Gasteiger partial charge in [0, 0.05) is 6.20 Å². The molecule has 0 spiro atoms. The molecular formula is C8H10N2O4. The Morgan fingerprint density at radius 3 is 2.71 bits per heavy atom. The van der Waals surface area contributed by atoms with E-state index >= 15 is 0 Å². The predicted molar refractivity (Wildman–Crippen MR) is 45.6 cm³/mol. The number of ether oxygens (including phenoxy) is 2. The van der Waals surface area contributed by atoms with Crippen LogP contribution in [0, 0.1) is 0 Å². The molecule has 1 rings (SSSR count). The van der Waals surface area contributed by atoms with Gasteiger partial charge in [0.25, 0.3) is 0 Å². The van der Waals surface area contributed by atoms with Crippen molar-refractivity contribution in [3.63, 3.8) is 0 Å². The molecule has 0 amide bonds. The van der Waals surface area contributed by atoms with Crippen molar-refractivity contribution in [3.8, 4) is 0 Å². The van der Waals surface area contributed by atoms with Crippen molar-refractivity contribution in [1.29, 1.82) is 0 Å². The highest BCUT2D eigenvalue weighted by Gasteiger charge is 2.10. The zero-order valence-electron chi connectivity index (χ0n) is 7.89. The third-order valence-electron chi connectivity index (χ3n) is 1.57. The third-order valence-corrected chi connectivity index (χ3v) is 1.57. The third kappa shape index (κ3) is 2.32. The van der Waals surface area contributed by atoms with Gasteiger partial charge in [-0.15, -0.1) is 0 Å².